The van der Waals surface area contributed by atoms with Crippen LogP contribution in [0.2, 0.25) is 0 Å². The molecule has 6 nitrogen and oxygen atoms in total. The Labute approximate surface area is 125 Å². The molecule has 1 saturated carbocycles. The summed E-state index contributed by atoms with van der Waals surface area (Å²) in [6.45, 7) is 6.39. The van der Waals surface area contributed by atoms with Gasteiger partial charge in [0, 0.05) is 6.04 Å². The smallest absolute Gasteiger partial charge is 0.315 e. The molecule has 120 valence electrons. The van der Waals surface area contributed by atoms with Gasteiger partial charge in [-0.1, -0.05) is 13.8 Å². The number of carboxylic acids is 1. The number of urea groups is 1. The SMILES string of the molecule is CC1CC(C)CC(NC(=O)NC2COCC2(C)C(=O)O)C1. The van der Waals surface area contributed by atoms with Crippen LogP contribution in [0, 0.1) is 17.3 Å². The molecule has 2 aliphatic rings. The van der Waals surface area contributed by atoms with Gasteiger partial charge in [-0.2, -0.15) is 0 Å². The Kier molecular flexibility index (Phi) is 4.76. The maximum Gasteiger partial charge on any atom is 0.315 e. The lowest BCUT2D eigenvalue weighted by atomic mass is 9.80. The molecule has 6 heteroatoms. The van der Waals surface area contributed by atoms with Crippen LogP contribution in [-0.2, 0) is 9.53 Å². The average molecular weight is 298 g/mol. The van der Waals surface area contributed by atoms with E-state index in [4.69, 9.17) is 4.74 Å². The zero-order valence-electron chi connectivity index (χ0n) is 13.0. The molecule has 4 atom stereocenters. The van der Waals surface area contributed by atoms with Crippen molar-refractivity contribution in [3.8, 4) is 0 Å². The summed E-state index contributed by atoms with van der Waals surface area (Å²) in [4.78, 5) is 23.5. The fourth-order valence-electron chi connectivity index (χ4n) is 3.54. The van der Waals surface area contributed by atoms with Gasteiger partial charge in [-0.3, -0.25) is 4.79 Å². The molecule has 0 bridgehead atoms. The van der Waals surface area contributed by atoms with Gasteiger partial charge in [-0.15, -0.1) is 0 Å². The summed E-state index contributed by atoms with van der Waals surface area (Å²) in [5.74, 6) is 0.279. The van der Waals surface area contributed by atoms with E-state index in [9.17, 15) is 14.7 Å². The maximum atomic E-state index is 12.1. The van der Waals surface area contributed by atoms with Crippen LogP contribution in [0.1, 0.15) is 40.0 Å². The lowest BCUT2D eigenvalue weighted by molar-refractivity contribution is -0.148. The molecular formula is C15H26N2O4. The van der Waals surface area contributed by atoms with Crippen molar-refractivity contribution in [1.29, 1.82) is 0 Å². The van der Waals surface area contributed by atoms with E-state index < -0.39 is 17.4 Å². The van der Waals surface area contributed by atoms with E-state index in [0.717, 1.165) is 12.8 Å². The lowest BCUT2D eigenvalue weighted by Crippen LogP contribution is -2.54. The van der Waals surface area contributed by atoms with Crippen molar-refractivity contribution in [1.82, 2.24) is 10.6 Å². The van der Waals surface area contributed by atoms with E-state index in [2.05, 4.69) is 24.5 Å². The minimum atomic E-state index is -1.05. The molecule has 1 saturated heterocycles. The second-order valence-electron chi connectivity index (χ2n) is 7.02. The number of aliphatic carboxylic acids is 1. The zero-order chi connectivity index (χ0) is 15.6. The highest BCUT2D eigenvalue weighted by Crippen LogP contribution is 2.30. The Bertz CT molecular complexity index is 404. The van der Waals surface area contributed by atoms with Gasteiger partial charge in [-0.05, 0) is 38.0 Å². The number of hydrogen-bond donors (Lipinski definition) is 3. The Morgan fingerprint density at radius 3 is 2.33 bits per heavy atom. The van der Waals surface area contributed by atoms with E-state index in [0.29, 0.717) is 11.8 Å². The van der Waals surface area contributed by atoms with E-state index in [1.165, 1.54) is 6.42 Å². The maximum absolute atomic E-state index is 12.1. The summed E-state index contributed by atoms with van der Waals surface area (Å²) in [7, 11) is 0. The van der Waals surface area contributed by atoms with Gasteiger partial charge in [0.1, 0.15) is 5.41 Å². The first-order chi connectivity index (χ1) is 9.81. The van der Waals surface area contributed by atoms with Crippen molar-refractivity contribution in [3.05, 3.63) is 0 Å². The first-order valence-electron chi connectivity index (χ1n) is 7.69. The van der Waals surface area contributed by atoms with Crippen LogP contribution in [0.3, 0.4) is 0 Å². The van der Waals surface area contributed by atoms with Gasteiger partial charge < -0.3 is 20.5 Å². The number of nitrogens with one attached hydrogen (secondary N) is 2. The third-order valence-electron chi connectivity index (χ3n) is 4.76. The van der Waals surface area contributed by atoms with E-state index >= 15 is 0 Å². The first kappa shape index (κ1) is 16.1. The molecule has 2 fully saturated rings. The summed E-state index contributed by atoms with van der Waals surface area (Å²) in [5.41, 5.74) is -1.05. The summed E-state index contributed by atoms with van der Waals surface area (Å²) in [6.07, 6.45) is 3.16. The lowest BCUT2D eigenvalue weighted by Gasteiger charge is -2.33. The minimum Gasteiger partial charge on any atom is -0.481 e. The molecule has 0 spiro atoms. The molecule has 21 heavy (non-hydrogen) atoms. The van der Waals surface area contributed by atoms with Gasteiger partial charge in [0.05, 0.1) is 19.3 Å². The van der Waals surface area contributed by atoms with Crippen LogP contribution in [0.25, 0.3) is 0 Å². The second kappa shape index (κ2) is 6.22. The molecule has 0 aromatic carbocycles. The highest BCUT2D eigenvalue weighted by Gasteiger charge is 2.47. The van der Waals surface area contributed by atoms with Gasteiger partial charge in [0.15, 0.2) is 0 Å². The minimum absolute atomic E-state index is 0.130. The van der Waals surface area contributed by atoms with Crippen molar-refractivity contribution in [2.24, 2.45) is 17.3 Å². The molecule has 3 N–H and O–H groups in total. The quantitative estimate of drug-likeness (QED) is 0.738. The highest BCUT2D eigenvalue weighted by molar-refractivity contribution is 5.79. The summed E-state index contributed by atoms with van der Waals surface area (Å²) in [6, 6.07) is -0.611. The van der Waals surface area contributed by atoms with E-state index in [1.54, 1.807) is 6.92 Å². The number of carbonyl (C=O) groups excluding carboxylic acids is 1. The summed E-state index contributed by atoms with van der Waals surface area (Å²) < 4.78 is 5.24. The number of rotatable bonds is 3. The zero-order valence-corrected chi connectivity index (χ0v) is 13.0. The molecule has 1 aliphatic carbocycles. The predicted molar refractivity (Wildman–Crippen MR) is 78.0 cm³/mol. The van der Waals surface area contributed by atoms with Crippen LogP contribution in [0.5, 0.6) is 0 Å². The molecule has 0 aromatic heterocycles. The molecule has 2 amide bonds. The van der Waals surface area contributed by atoms with Gasteiger partial charge in [0.2, 0.25) is 0 Å². The number of hydrogen-bond acceptors (Lipinski definition) is 3. The van der Waals surface area contributed by atoms with Crippen LogP contribution in [0.15, 0.2) is 0 Å². The first-order valence-corrected chi connectivity index (χ1v) is 7.69. The van der Waals surface area contributed by atoms with E-state index in [1.807, 2.05) is 0 Å². The molecule has 4 unspecified atom stereocenters. The second-order valence-corrected chi connectivity index (χ2v) is 7.02. The van der Waals surface area contributed by atoms with Gasteiger partial charge >= 0.3 is 12.0 Å². The van der Waals surface area contributed by atoms with Crippen molar-refractivity contribution in [2.45, 2.75) is 52.1 Å². The predicted octanol–water partition coefficient (Wildman–Crippen LogP) is 1.60. The van der Waals surface area contributed by atoms with Crippen molar-refractivity contribution < 1.29 is 19.4 Å². The number of carboxylic acid groups (broad SMARTS) is 1. The number of amides is 2. The average Bonchev–Trinajstić information content (AvgIpc) is 2.70. The van der Waals surface area contributed by atoms with Crippen molar-refractivity contribution >= 4 is 12.0 Å². The summed E-state index contributed by atoms with van der Waals surface area (Å²) in [5, 5.41) is 15.1. The monoisotopic (exact) mass is 298 g/mol. The Morgan fingerprint density at radius 2 is 1.76 bits per heavy atom. The number of ether oxygens (including phenoxy) is 1. The number of carbonyl (C=O) groups is 2. The summed E-state index contributed by atoms with van der Waals surface area (Å²) >= 11 is 0. The Hall–Kier alpha value is -1.30. The molecule has 1 aliphatic heterocycles. The van der Waals surface area contributed by atoms with Crippen LogP contribution in [0.4, 0.5) is 4.79 Å². The normalized spacial score (nSPS) is 39.8. The highest BCUT2D eigenvalue weighted by atomic mass is 16.5. The molecule has 0 radical (unpaired) electrons. The Balaban J connectivity index is 1.88. The topological polar surface area (TPSA) is 87.7 Å². The van der Waals surface area contributed by atoms with Crippen LogP contribution >= 0.6 is 0 Å². The van der Waals surface area contributed by atoms with Crippen LogP contribution in [-0.4, -0.2) is 42.4 Å². The fraction of sp³-hybridized carbons (Fsp3) is 0.867. The molecule has 2 rings (SSSR count). The fourth-order valence-corrected chi connectivity index (χ4v) is 3.54. The third-order valence-corrected chi connectivity index (χ3v) is 4.76. The van der Waals surface area contributed by atoms with Crippen molar-refractivity contribution in [3.63, 3.8) is 0 Å². The van der Waals surface area contributed by atoms with Crippen LogP contribution < -0.4 is 10.6 Å². The molecular weight excluding hydrogens is 272 g/mol. The standard InChI is InChI=1S/C15H26N2O4/c1-9-4-10(2)6-11(5-9)16-14(20)17-12-7-21-8-15(12,3)13(18)19/h9-12H,4-8H2,1-3H3,(H,18,19)(H2,16,17,20). The van der Waals surface area contributed by atoms with Gasteiger partial charge in [0.25, 0.3) is 0 Å². The van der Waals surface area contributed by atoms with Crippen molar-refractivity contribution in [2.75, 3.05) is 13.2 Å². The molecule has 1 heterocycles. The third kappa shape index (κ3) is 3.67. The largest absolute Gasteiger partial charge is 0.481 e. The van der Waals surface area contributed by atoms with Gasteiger partial charge in [-0.25, -0.2) is 4.79 Å². The van der Waals surface area contributed by atoms with E-state index in [-0.39, 0.29) is 25.3 Å². The molecule has 0 aromatic rings. The Morgan fingerprint density at radius 1 is 1.14 bits per heavy atom.